The van der Waals surface area contributed by atoms with Gasteiger partial charge >= 0.3 is 0 Å². The minimum absolute atomic E-state index is 0.0677. The normalized spacial score (nSPS) is 24.0. The number of hydrogen-bond donors (Lipinski definition) is 1. The molecule has 0 aromatic rings. The summed E-state index contributed by atoms with van der Waals surface area (Å²) in [6, 6.07) is 0. The van der Waals surface area contributed by atoms with Crippen LogP contribution in [0.4, 0.5) is 0 Å². The van der Waals surface area contributed by atoms with E-state index in [1.807, 2.05) is 0 Å². The average Bonchev–Trinajstić information content (AvgIpc) is 2.05. The van der Waals surface area contributed by atoms with E-state index in [2.05, 4.69) is 31.9 Å². The van der Waals surface area contributed by atoms with Gasteiger partial charge in [0.15, 0.2) is 0 Å². The molecule has 0 amide bonds. The van der Waals surface area contributed by atoms with Crippen LogP contribution in [0.5, 0.6) is 0 Å². The van der Waals surface area contributed by atoms with Gasteiger partial charge in [-0.15, -0.1) is 0 Å². The molecule has 1 rings (SSSR count). The van der Waals surface area contributed by atoms with Crippen LogP contribution in [0, 0.1) is 5.92 Å². The van der Waals surface area contributed by atoms with Gasteiger partial charge in [0.05, 0.1) is 9.84 Å². The Morgan fingerprint density at radius 3 is 2.09 bits per heavy atom. The lowest BCUT2D eigenvalue weighted by atomic mass is 9.86. The fourth-order valence-corrected chi connectivity index (χ4v) is 2.54. The number of halogens is 2. The summed E-state index contributed by atoms with van der Waals surface area (Å²) in [5, 5.41) is 9.66. The maximum Gasteiger partial charge on any atom is 0.0958 e. The molecule has 0 radical (unpaired) electrons. The summed E-state index contributed by atoms with van der Waals surface area (Å²) in [6.07, 6.45) is 6.08. The Kier molecular flexibility index (Phi) is 4.39. The van der Waals surface area contributed by atoms with E-state index in [0.717, 1.165) is 0 Å². The van der Waals surface area contributed by atoms with Gasteiger partial charge < -0.3 is 5.11 Å². The Balaban J connectivity index is 2.32. The molecule has 0 saturated heterocycles. The second-order valence-corrected chi connectivity index (χ2v) is 6.42. The minimum atomic E-state index is -0.213. The topological polar surface area (TPSA) is 20.2 Å². The van der Waals surface area contributed by atoms with Crippen molar-refractivity contribution in [3.8, 4) is 0 Å². The Morgan fingerprint density at radius 2 is 1.64 bits per heavy atom. The van der Waals surface area contributed by atoms with E-state index in [9.17, 15) is 5.11 Å². The van der Waals surface area contributed by atoms with Crippen molar-refractivity contribution in [3.63, 3.8) is 0 Å². The first-order chi connectivity index (χ1) is 5.22. The maximum absolute atomic E-state index is 9.66. The molecule has 0 aromatic carbocycles. The molecule has 1 aliphatic carbocycles. The van der Waals surface area contributed by atoms with E-state index in [-0.39, 0.29) is 9.84 Å². The number of hydrogen-bond acceptors (Lipinski definition) is 1. The lowest BCUT2D eigenvalue weighted by Gasteiger charge is -2.27. The fourth-order valence-electron chi connectivity index (χ4n) is 1.68. The van der Waals surface area contributed by atoms with Crippen LogP contribution < -0.4 is 0 Å². The van der Waals surface area contributed by atoms with Gasteiger partial charge in [-0.25, -0.2) is 0 Å². The van der Waals surface area contributed by atoms with Crippen molar-refractivity contribution < 1.29 is 5.11 Å². The molecule has 1 unspecified atom stereocenters. The van der Waals surface area contributed by atoms with Crippen molar-refractivity contribution in [2.75, 3.05) is 0 Å². The lowest BCUT2D eigenvalue weighted by Crippen LogP contribution is -2.27. The summed E-state index contributed by atoms with van der Waals surface area (Å²) in [5.41, 5.74) is 0. The molecule has 0 bridgehead atoms. The van der Waals surface area contributed by atoms with Gasteiger partial charge in [0.2, 0.25) is 0 Å². The van der Waals surface area contributed by atoms with Crippen LogP contribution >= 0.6 is 31.9 Å². The van der Waals surface area contributed by atoms with Crippen LogP contribution in [0.2, 0.25) is 0 Å². The predicted octanol–water partition coefficient (Wildman–Crippen LogP) is 3.04. The van der Waals surface area contributed by atoms with E-state index in [4.69, 9.17) is 0 Å². The highest BCUT2D eigenvalue weighted by atomic mass is 79.9. The van der Waals surface area contributed by atoms with E-state index in [1.54, 1.807) is 0 Å². The molecule has 11 heavy (non-hydrogen) atoms. The average molecular weight is 286 g/mol. The van der Waals surface area contributed by atoms with Gasteiger partial charge in [0.1, 0.15) is 0 Å². The van der Waals surface area contributed by atoms with Crippen LogP contribution in [0.25, 0.3) is 0 Å². The molecule has 0 spiro atoms. The molecule has 0 aliphatic heterocycles. The van der Waals surface area contributed by atoms with Crippen molar-refractivity contribution in [1.82, 2.24) is 0 Å². The summed E-state index contributed by atoms with van der Waals surface area (Å²) in [5.74, 6) is 0.507. The van der Waals surface area contributed by atoms with Crippen molar-refractivity contribution in [1.29, 1.82) is 0 Å². The monoisotopic (exact) mass is 284 g/mol. The Labute approximate surface area is 84.8 Å². The first kappa shape index (κ1) is 10.0. The van der Waals surface area contributed by atoms with Crippen LogP contribution in [0.15, 0.2) is 0 Å². The largest absolute Gasteiger partial charge is 0.391 e. The Hall–Kier alpha value is 0.920. The third-order valence-electron chi connectivity index (χ3n) is 2.39. The van der Waals surface area contributed by atoms with Gasteiger partial charge in [-0.2, -0.15) is 0 Å². The van der Waals surface area contributed by atoms with Gasteiger partial charge in [0, 0.05) is 0 Å². The summed E-state index contributed by atoms with van der Waals surface area (Å²) < 4.78 is 0.0677. The molecule has 1 saturated carbocycles. The van der Waals surface area contributed by atoms with Crippen molar-refractivity contribution >= 4 is 31.9 Å². The van der Waals surface area contributed by atoms with Crippen molar-refractivity contribution in [2.45, 2.75) is 41.9 Å². The molecular weight excluding hydrogens is 272 g/mol. The summed E-state index contributed by atoms with van der Waals surface area (Å²) in [4.78, 5) is 0. The third-order valence-corrected chi connectivity index (χ3v) is 3.47. The number of rotatable bonds is 2. The quantitative estimate of drug-likeness (QED) is 0.773. The van der Waals surface area contributed by atoms with E-state index >= 15 is 0 Å². The van der Waals surface area contributed by atoms with Crippen LogP contribution in [-0.4, -0.2) is 14.9 Å². The predicted molar refractivity (Wildman–Crippen MR) is 54.2 cm³/mol. The van der Waals surface area contributed by atoms with Crippen LogP contribution in [0.3, 0.4) is 0 Å². The first-order valence-electron chi connectivity index (χ1n) is 4.18. The Morgan fingerprint density at radius 1 is 1.09 bits per heavy atom. The van der Waals surface area contributed by atoms with Gasteiger partial charge in [-0.05, 0) is 18.8 Å². The van der Waals surface area contributed by atoms with Gasteiger partial charge in [-0.1, -0.05) is 51.1 Å². The zero-order valence-corrected chi connectivity index (χ0v) is 9.64. The Bertz CT molecular complexity index is 111. The van der Waals surface area contributed by atoms with E-state index < -0.39 is 0 Å². The number of aliphatic hydroxyl groups excluding tert-OH is 1. The van der Waals surface area contributed by atoms with Crippen molar-refractivity contribution in [3.05, 3.63) is 0 Å². The van der Waals surface area contributed by atoms with Gasteiger partial charge in [-0.3, -0.25) is 0 Å². The second kappa shape index (κ2) is 4.83. The van der Waals surface area contributed by atoms with Crippen LogP contribution in [0.1, 0.15) is 32.1 Å². The SMILES string of the molecule is OC(C(Br)Br)C1CCCCC1. The molecule has 0 heterocycles. The zero-order chi connectivity index (χ0) is 8.27. The molecule has 1 N–H and O–H groups in total. The highest BCUT2D eigenvalue weighted by Crippen LogP contribution is 2.31. The van der Waals surface area contributed by atoms with Gasteiger partial charge in [0.25, 0.3) is 0 Å². The molecule has 1 aliphatic rings. The minimum Gasteiger partial charge on any atom is -0.391 e. The zero-order valence-electron chi connectivity index (χ0n) is 6.47. The standard InChI is InChI=1S/C8H14Br2O/c9-8(10)7(11)6-4-2-1-3-5-6/h6-8,11H,1-5H2. The van der Waals surface area contributed by atoms with E-state index in [1.165, 1.54) is 32.1 Å². The molecule has 1 atom stereocenters. The molecule has 3 heteroatoms. The highest BCUT2D eigenvalue weighted by molar-refractivity contribution is 9.24. The maximum atomic E-state index is 9.66. The summed E-state index contributed by atoms with van der Waals surface area (Å²) in [6.45, 7) is 0. The lowest BCUT2D eigenvalue weighted by molar-refractivity contribution is 0.101. The molecule has 0 aromatic heterocycles. The molecular formula is C8H14Br2O. The van der Waals surface area contributed by atoms with E-state index in [0.29, 0.717) is 5.92 Å². The third kappa shape index (κ3) is 3.03. The molecule has 1 fully saturated rings. The van der Waals surface area contributed by atoms with Crippen LogP contribution in [-0.2, 0) is 0 Å². The first-order valence-corrected chi connectivity index (χ1v) is 6.01. The smallest absolute Gasteiger partial charge is 0.0958 e. The summed E-state index contributed by atoms with van der Waals surface area (Å²) in [7, 11) is 0. The van der Waals surface area contributed by atoms with Crippen molar-refractivity contribution in [2.24, 2.45) is 5.92 Å². The molecule has 1 nitrogen and oxygen atoms in total. The summed E-state index contributed by atoms with van der Waals surface area (Å²) >= 11 is 6.68. The molecule has 66 valence electrons. The number of alkyl halides is 2. The highest BCUT2D eigenvalue weighted by Gasteiger charge is 2.25. The number of aliphatic hydroxyl groups is 1. The fraction of sp³-hybridized carbons (Fsp3) is 1.00. The second-order valence-electron chi connectivity index (χ2n) is 3.22.